The van der Waals surface area contributed by atoms with Crippen molar-refractivity contribution in [3.8, 4) is 5.75 Å². The number of hydrogen-bond donors (Lipinski definition) is 2. The Morgan fingerprint density at radius 3 is 2.40 bits per heavy atom. The van der Waals surface area contributed by atoms with Crippen molar-refractivity contribution in [2.45, 2.75) is 24.7 Å². The molecule has 0 bridgehead atoms. The molecule has 0 aliphatic carbocycles. The summed E-state index contributed by atoms with van der Waals surface area (Å²) in [5.41, 5.74) is 0.807. The fourth-order valence-electron chi connectivity index (χ4n) is 3.19. The first-order valence-electron chi connectivity index (χ1n) is 9.29. The van der Waals surface area contributed by atoms with Crippen LogP contribution < -0.4 is 15.4 Å². The number of ether oxygens (including phenoxy) is 1. The fraction of sp³-hybridized carbons (Fsp3) is 0.300. The number of nitrogens with one attached hydrogen (secondary N) is 2. The molecule has 0 unspecified atom stereocenters. The zero-order chi connectivity index (χ0) is 21.9. The van der Waals surface area contributed by atoms with Gasteiger partial charge >= 0.3 is 0 Å². The smallest absolute Gasteiger partial charge is 0.257 e. The number of amides is 2. The summed E-state index contributed by atoms with van der Waals surface area (Å²) in [6, 6.07) is 8.81. The highest BCUT2D eigenvalue weighted by molar-refractivity contribution is 7.89. The van der Waals surface area contributed by atoms with Gasteiger partial charge in [-0.1, -0.05) is 11.6 Å². The Balaban J connectivity index is 1.88. The Bertz CT molecular complexity index is 1080. The average molecular weight is 452 g/mol. The number of anilines is 2. The molecule has 1 saturated heterocycles. The van der Waals surface area contributed by atoms with Gasteiger partial charge in [0.25, 0.3) is 5.91 Å². The molecule has 1 fully saturated rings. The van der Waals surface area contributed by atoms with Crippen molar-refractivity contribution in [3.63, 3.8) is 0 Å². The van der Waals surface area contributed by atoms with Gasteiger partial charge in [-0.2, -0.15) is 4.31 Å². The molecule has 0 spiro atoms. The Morgan fingerprint density at radius 1 is 1.07 bits per heavy atom. The molecule has 0 atom stereocenters. The summed E-state index contributed by atoms with van der Waals surface area (Å²) >= 11 is 6.17. The molecule has 2 amide bonds. The van der Waals surface area contributed by atoms with Crippen LogP contribution in [0, 0.1) is 0 Å². The van der Waals surface area contributed by atoms with Crippen LogP contribution in [0.15, 0.2) is 41.3 Å². The molecule has 0 aromatic heterocycles. The molecule has 10 heteroatoms. The minimum atomic E-state index is -3.68. The highest BCUT2D eigenvalue weighted by Crippen LogP contribution is 2.29. The summed E-state index contributed by atoms with van der Waals surface area (Å²) in [5.74, 6) is -0.433. The van der Waals surface area contributed by atoms with Gasteiger partial charge in [-0.15, -0.1) is 0 Å². The molecule has 1 aliphatic heterocycles. The normalized spacial score (nSPS) is 14.4. The molecule has 1 aliphatic rings. The maximum Gasteiger partial charge on any atom is 0.257 e. The van der Waals surface area contributed by atoms with Gasteiger partial charge in [0.05, 0.1) is 28.3 Å². The van der Waals surface area contributed by atoms with Crippen LogP contribution in [0.3, 0.4) is 0 Å². The zero-order valence-electron chi connectivity index (χ0n) is 16.6. The summed E-state index contributed by atoms with van der Waals surface area (Å²) in [7, 11) is -2.22. The second kappa shape index (κ2) is 9.03. The van der Waals surface area contributed by atoms with E-state index in [-0.39, 0.29) is 21.4 Å². The van der Waals surface area contributed by atoms with Crippen LogP contribution in [0.1, 0.15) is 30.1 Å². The third-order valence-corrected chi connectivity index (χ3v) is 6.88. The van der Waals surface area contributed by atoms with Crippen molar-refractivity contribution in [2.75, 3.05) is 30.8 Å². The van der Waals surface area contributed by atoms with E-state index in [1.165, 1.54) is 42.6 Å². The minimum absolute atomic E-state index is 0.0209. The lowest BCUT2D eigenvalue weighted by Crippen LogP contribution is -2.28. The first-order chi connectivity index (χ1) is 14.2. The number of carbonyl (C=O) groups excluding carboxylic acids is 2. The number of halogens is 1. The summed E-state index contributed by atoms with van der Waals surface area (Å²) in [5, 5.41) is 5.42. The van der Waals surface area contributed by atoms with Gasteiger partial charge in [-0.3, -0.25) is 9.59 Å². The van der Waals surface area contributed by atoms with Gasteiger partial charge in [0.2, 0.25) is 15.9 Å². The number of nitrogens with zero attached hydrogens (tertiary/aromatic N) is 1. The number of hydrogen-bond acceptors (Lipinski definition) is 5. The predicted molar refractivity (Wildman–Crippen MR) is 115 cm³/mol. The number of benzene rings is 2. The van der Waals surface area contributed by atoms with E-state index in [0.717, 1.165) is 12.8 Å². The fourth-order valence-corrected chi connectivity index (χ4v) is 4.94. The summed E-state index contributed by atoms with van der Waals surface area (Å²) in [6.45, 7) is 2.28. The average Bonchev–Trinajstić information content (AvgIpc) is 3.23. The zero-order valence-corrected chi connectivity index (χ0v) is 18.1. The Morgan fingerprint density at radius 2 is 1.77 bits per heavy atom. The molecular weight excluding hydrogens is 430 g/mol. The topological polar surface area (TPSA) is 105 Å². The lowest BCUT2D eigenvalue weighted by Gasteiger charge is -2.16. The minimum Gasteiger partial charge on any atom is -0.495 e. The SMILES string of the molecule is COc1ccc(NC(=O)c2cc(S(=O)(=O)N3CCCC3)ccc2Cl)cc1NC(C)=O. The maximum absolute atomic E-state index is 12.8. The Labute approximate surface area is 180 Å². The molecule has 0 saturated carbocycles. The largest absolute Gasteiger partial charge is 0.495 e. The second-order valence-corrected chi connectivity index (χ2v) is 9.15. The lowest BCUT2D eigenvalue weighted by atomic mass is 10.2. The van der Waals surface area contributed by atoms with Gasteiger partial charge in [0.15, 0.2) is 0 Å². The third kappa shape index (κ3) is 4.75. The van der Waals surface area contributed by atoms with Crippen molar-refractivity contribution in [3.05, 3.63) is 47.0 Å². The molecule has 3 rings (SSSR count). The molecule has 30 heavy (non-hydrogen) atoms. The van der Waals surface area contributed by atoms with E-state index >= 15 is 0 Å². The summed E-state index contributed by atoms with van der Waals surface area (Å²) < 4.78 is 32.2. The van der Waals surface area contributed by atoms with Crippen molar-refractivity contribution in [2.24, 2.45) is 0 Å². The standard InChI is InChI=1S/C20H22ClN3O5S/c1-13(25)22-18-11-14(5-8-19(18)29-2)23-20(26)16-12-15(6-7-17(16)21)30(27,28)24-9-3-4-10-24/h5-8,11-12H,3-4,9-10H2,1-2H3,(H,22,25)(H,23,26). The maximum atomic E-state index is 12.8. The molecule has 2 aromatic carbocycles. The van der Waals surface area contributed by atoms with Crippen molar-refractivity contribution < 1.29 is 22.7 Å². The monoisotopic (exact) mass is 451 g/mol. The van der Waals surface area contributed by atoms with Crippen LogP contribution in [0.25, 0.3) is 0 Å². The first kappa shape index (κ1) is 22.1. The van der Waals surface area contributed by atoms with E-state index in [0.29, 0.717) is 30.2 Å². The summed E-state index contributed by atoms with van der Waals surface area (Å²) in [6.07, 6.45) is 1.63. The molecule has 160 valence electrons. The van der Waals surface area contributed by atoms with E-state index in [1.54, 1.807) is 12.1 Å². The van der Waals surface area contributed by atoms with Gasteiger partial charge in [-0.05, 0) is 49.2 Å². The van der Waals surface area contributed by atoms with Crippen molar-refractivity contribution >= 4 is 44.8 Å². The van der Waals surface area contributed by atoms with Crippen LogP contribution in [-0.4, -0.2) is 44.7 Å². The highest BCUT2D eigenvalue weighted by atomic mass is 35.5. The number of carbonyl (C=O) groups is 2. The van der Waals surface area contributed by atoms with E-state index in [9.17, 15) is 18.0 Å². The molecule has 8 nitrogen and oxygen atoms in total. The third-order valence-electron chi connectivity index (χ3n) is 4.65. The van der Waals surface area contributed by atoms with Crippen LogP contribution in [0.2, 0.25) is 5.02 Å². The molecule has 1 heterocycles. The van der Waals surface area contributed by atoms with Crippen LogP contribution in [-0.2, 0) is 14.8 Å². The quantitative estimate of drug-likeness (QED) is 0.700. The Kier molecular flexibility index (Phi) is 6.64. The number of rotatable bonds is 6. The van der Waals surface area contributed by atoms with E-state index in [2.05, 4.69) is 10.6 Å². The van der Waals surface area contributed by atoms with Crippen molar-refractivity contribution in [1.29, 1.82) is 0 Å². The second-order valence-electron chi connectivity index (χ2n) is 6.80. The molecular formula is C20H22ClN3O5S. The predicted octanol–water partition coefficient (Wildman–Crippen LogP) is 3.34. The van der Waals surface area contributed by atoms with Gasteiger partial charge in [0, 0.05) is 25.7 Å². The van der Waals surface area contributed by atoms with E-state index < -0.39 is 15.9 Å². The van der Waals surface area contributed by atoms with Crippen molar-refractivity contribution in [1.82, 2.24) is 4.31 Å². The van der Waals surface area contributed by atoms with Crippen LogP contribution in [0.5, 0.6) is 5.75 Å². The molecule has 2 N–H and O–H groups in total. The lowest BCUT2D eigenvalue weighted by molar-refractivity contribution is -0.114. The first-order valence-corrected chi connectivity index (χ1v) is 11.1. The number of methoxy groups -OCH3 is 1. The van der Waals surface area contributed by atoms with Crippen LogP contribution >= 0.6 is 11.6 Å². The van der Waals surface area contributed by atoms with E-state index in [4.69, 9.17) is 16.3 Å². The molecule has 0 radical (unpaired) electrons. The number of sulfonamides is 1. The van der Waals surface area contributed by atoms with Gasteiger partial charge in [0.1, 0.15) is 5.75 Å². The summed E-state index contributed by atoms with van der Waals surface area (Å²) in [4.78, 5) is 24.2. The van der Waals surface area contributed by atoms with Crippen LogP contribution in [0.4, 0.5) is 11.4 Å². The van der Waals surface area contributed by atoms with E-state index in [1.807, 2.05) is 0 Å². The van der Waals surface area contributed by atoms with Gasteiger partial charge in [-0.25, -0.2) is 8.42 Å². The highest BCUT2D eigenvalue weighted by Gasteiger charge is 2.28. The molecule has 2 aromatic rings. The Hall–Kier alpha value is -2.62. The van der Waals surface area contributed by atoms with Gasteiger partial charge < -0.3 is 15.4 Å².